The Balaban J connectivity index is 2.37. The first-order valence-electron chi connectivity index (χ1n) is 6.73. The summed E-state index contributed by atoms with van der Waals surface area (Å²) in [6.45, 7) is 5.58. The molecule has 3 aromatic rings. The van der Waals surface area contributed by atoms with Gasteiger partial charge in [-0.3, -0.25) is 4.79 Å². The second-order valence-corrected chi connectivity index (χ2v) is 6.01. The molecule has 0 radical (unpaired) electrons. The lowest BCUT2D eigenvalue weighted by molar-refractivity contribution is 0.467. The Morgan fingerprint density at radius 2 is 2.10 bits per heavy atom. The number of phenolic OH excluding ortho intramolecular Hbond substituents is 1. The molecule has 0 aliphatic heterocycles. The summed E-state index contributed by atoms with van der Waals surface area (Å²) in [6, 6.07) is 3.22. The van der Waals surface area contributed by atoms with E-state index < -0.39 is 0 Å². The third kappa shape index (κ3) is 2.23. The molecule has 1 aromatic carbocycles. The Bertz CT molecular complexity index is 892. The molecule has 5 heteroatoms. The summed E-state index contributed by atoms with van der Waals surface area (Å²) < 4.78 is 5.72. The Labute approximate surface area is 125 Å². The standard InChI is InChI=1S/C16H15NO3S/c1-4-10-5-11-14(6-13(10)18)20-8(2)15(16(11)19)12-7-21-9(3)17-12/h5-7,18H,4H2,1-3H3. The van der Waals surface area contributed by atoms with E-state index in [9.17, 15) is 9.90 Å². The zero-order chi connectivity index (χ0) is 15.1. The van der Waals surface area contributed by atoms with Crippen LogP contribution in [0.2, 0.25) is 0 Å². The van der Waals surface area contributed by atoms with Gasteiger partial charge in [-0.2, -0.15) is 0 Å². The first kappa shape index (κ1) is 13.8. The number of hydrogen-bond donors (Lipinski definition) is 1. The van der Waals surface area contributed by atoms with Crippen molar-refractivity contribution in [2.45, 2.75) is 27.2 Å². The molecule has 0 bridgehead atoms. The number of rotatable bonds is 2. The van der Waals surface area contributed by atoms with Crippen molar-refractivity contribution in [3.63, 3.8) is 0 Å². The third-order valence-electron chi connectivity index (χ3n) is 3.52. The van der Waals surface area contributed by atoms with E-state index in [0.29, 0.717) is 34.4 Å². The van der Waals surface area contributed by atoms with Crippen LogP contribution in [-0.4, -0.2) is 10.1 Å². The number of benzene rings is 1. The van der Waals surface area contributed by atoms with E-state index in [1.807, 2.05) is 19.2 Å². The van der Waals surface area contributed by atoms with Crippen LogP contribution in [0.4, 0.5) is 0 Å². The lowest BCUT2D eigenvalue weighted by atomic mass is 10.0. The molecule has 0 saturated carbocycles. The molecule has 0 fully saturated rings. The quantitative estimate of drug-likeness (QED) is 0.782. The van der Waals surface area contributed by atoms with Gasteiger partial charge >= 0.3 is 0 Å². The maximum Gasteiger partial charge on any atom is 0.202 e. The Morgan fingerprint density at radius 3 is 2.71 bits per heavy atom. The predicted molar refractivity (Wildman–Crippen MR) is 84.1 cm³/mol. The van der Waals surface area contributed by atoms with Gasteiger partial charge < -0.3 is 9.52 Å². The molecule has 0 amide bonds. The molecule has 0 aliphatic rings. The molecule has 2 aromatic heterocycles. The Kier molecular flexibility index (Phi) is 3.29. The summed E-state index contributed by atoms with van der Waals surface area (Å²) in [5.41, 5.74) is 2.19. The summed E-state index contributed by atoms with van der Waals surface area (Å²) in [7, 11) is 0. The monoisotopic (exact) mass is 301 g/mol. The molecule has 4 nitrogen and oxygen atoms in total. The van der Waals surface area contributed by atoms with Crippen molar-refractivity contribution in [1.29, 1.82) is 0 Å². The fourth-order valence-corrected chi connectivity index (χ4v) is 3.05. The SMILES string of the molecule is CCc1cc2c(=O)c(-c3csc(C)n3)c(C)oc2cc1O. The topological polar surface area (TPSA) is 63.3 Å². The fraction of sp³-hybridized carbons (Fsp3) is 0.250. The zero-order valence-electron chi connectivity index (χ0n) is 12.1. The number of aryl methyl sites for hydroxylation is 3. The van der Waals surface area contributed by atoms with Crippen LogP contribution in [0.25, 0.3) is 22.2 Å². The molecule has 108 valence electrons. The van der Waals surface area contributed by atoms with Crippen LogP contribution in [0.15, 0.2) is 26.7 Å². The second-order valence-electron chi connectivity index (χ2n) is 4.94. The van der Waals surface area contributed by atoms with Crippen molar-refractivity contribution in [3.8, 4) is 17.0 Å². The van der Waals surface area contributed by atoms with E-state index in [0.717, 1.165) is 10.6 Å². The van der Waals surface area contributed by atoms with Crippen molar-refractivity contribution < 1.29 is 9.52 Å². The number of phenols is 1. The van der Waals surface area contributed by atoms with E-state index in [1.165, 1.54) is 17.4 Å². The highest BCUT2D eigenvalue weighted by Crippen LogP contribution is 2.29. The molecule has 0 saturated heterocycles. The van der Waals surface area contributed by atoms with Gasteiger partial charge in [-0.05, 0) is 31.9 Å². The predicted octanol–water partition coefficient (Wildman–Crippen LogP) is 3.80. The van der Waals surface area contributed by atoms with Crippen LogP contribution < -0.4 is 5.43 Å². The number of aromatic nitrogens is 1. The minimum absolute atomic E-state index is 0.103. The van der Waals surface area contributed by atoms with E-state index in [4.69, 9.17) is 4.42 Å². The minimum Gasteiger partial charge on any atom is -0.508 e. The summed E-state index contributed by atoms with van der Waals surface area (Å²) in [5.74, 6) is 0.672. The van der Waals surface area contributed by atoms with Crippen molar-refractivity contribution in [3.05, 3.63) is 44.1 Å². The second kappa shape index (κ2) is 5.00. The number of hydrogen-bond acceptors (Lipinski definition) is 5. The van der Waals surface area contributed by atoms with Crippen molar-refractivity contribution in [2.24, 2.45) is 0 Å². The van der Waals surface area contributed by atoms with E-state index in [-0.39, 0.29) is 11.2 Å². The van der Waals surface area contributed by atoms with Gasteiger partial charge in [-0.25, -0.2) is 4.98 Å². The molecule has 21 heavy (non-hydrogen) atoms. The maximum absolute atomic E-state index is 12.8. The molecule has 0 spiro atoms. The van der Waals surface area contributed by atoms with Gasteiger partial charge in [0.15, 0.2) is 0 Å². The van der Waals surface area contributed by atoms with Gasteiger partial charge in [-0.1, -0.05) is 6.92 Å². The average molecular weight is 301 g/mol. The number of fused-ring (bicyclic) bond motifs is 1. The van der Waals surface area contributed by atoms with Crippen molar-refractivity contribution in [1.82, 2.24) is 4.98 Å². The molecule has 0 unspecified atom stereocenters. The normalized spacial score (nSPS) is 11.2. The lowest BCUT2D eigenvalue weighted by Gasteiger charge is -2.07. The van der Waals surface area contributed by atoms with E-state index in [2.05, 4.69) is 4.98 Å². The number of nitrogens with zero attached hydrogens (tertiary/aromatic N) is 1. The van der Waals surface area contributed by atoms with E-state index in [1.54, 1.807) is 13.0 Å². The van der Waals surface area contributed by atoms with Gasteiger partial charge in [-0.15, -0.1) is 11.3 Å². The highest BCUT2D eigenvalue weighted by atomic mass is 32.1. The summed E-state index contributed by atoms with van der Waals surface area (Å²) in [6.07, 6.45) is 0.653. The third-order valence-corrected chi connectivity index (χ3v) is 4.30. The Morgan fingerprint density at radius 1 is 1.33 bits per heavy atom. The summed E-state index contributed by atoms with van der Waals surface area (Å²) >= 11 is 1.50. The molecule has 0 aliphatic carbocycles. The zero-order valence-corrected chi connectivity index (χ0v) is 12.9. The summed E-state index contributed by atoms with van der Waals surface area (Å²) in [5, 5.41) is 13.2. The van der Waals surface area contributed by atoms with Gasteiger partial charge in [0.2, 0.25) is 5.43 Å². The van der Waals surface area contributed by atoms with Crippen LogP contribution in [-0.2, 0) is 6.42 Å². The number of aromatic hydroxyl groups is 1. The van der Waals surface area contributed by atoms with Crippen LogP contribution in [0.1, 0.15) is 23.3 Å². The van der Waals surface area contributed by atoms with Crippen molar-refractivity contribution in [2.75, 3.05) is 0 Å². The largest absolute Gasteiger partial charge is 0.508 e. The van der Waals surface area contributed by atoms with Crippen LogP contribution in [0.5, 0.6) is 5.75 Å². The summed E-state index contributed by atoms with van der Waals surface area (Å²) in [4.78, 5) is 17.1. The van der Waals surface area contributed by atoms with Crippen molar-refractivity contribution >= 4 is 22.3 Å². The van der Waals surface area contributed by atoms with Gasteiger partial charge in [0, 0.05) is 11.4 Å². The first-order chi connectivity index (χ1) is 10.0. The maximum atomic E-state index is 12.8. The average Bonchev–Trinajstić information content (AvgIpc) is 2.84. The minimum atomic E-state index is -0.103. The van der Waals surface area contributed by atoms with Gasteiger partial charge in [0.05, 0.1) is 21.7 Å². The molecule has 1 N–H and O–H groups in total. The fourth-order valence-electron chi connectivity index (χ4n) is 2.44. The van der Waals surface area contributed by atoms with Gasteiger partial charge in [0.1, 0.15) is 17.1 Å². The van der Waals surface area contributed by atoms with Crippen LogP contribution in [0.3, 0.4) is 0 Å². The smallest absolute Gasteiger partial charge is 0.202 e. The van der Waals surface area contributed by atoms with Crippen LogP contribution in [0, 0.1) is 13.8 Å². The van der Waals surface area contributed by atoms with E-state index >= 15 is 0 Å². The van der Waals surface area contributed by atoms with Crippen LogP contribution >= 0.6 is 11.3 Å². The molecule has 2 heterocycles. The molecule has 3 rings (SSSR count). The first-order valence-corrected chi connectivity index (χ1v) is 7.61. The highest BCUT2D eigenvalue weighted by molar-refractivity contribution is 7.09. The molecular weight excluding hydrogens is 286 g/mol. The molecular formula is C16H15NO3S. The highest BCUT2D eigenvalue weighted by Gasteiger charge is 2.17. The lowest BCUT2D eigenvalue weighted by Crippen LogP contribution is -2.08. The molecule has 0 atom stereocenters. The Hall–Kier alpha value is -2.14. The van der Waals surface area contributed by atoms with Gasteiger partial charge in [0.25, 0.3) is 0 Å². The number of thiazole rings is 1.